The van der Waals surface area contributed by atoms with Crippen molar-refractivity contribution in [1.82, 2.24) is 25.5 Å². The van der Waals surface area contributed by atoms with Gasteiger partial charge in [-0.05, 0) is 27.0 Å². The standard InChI is InChI=1S/C13H17N5OS/c1-7-10(6-15-18-7)5-14-12(19)11-8(2)16-9(3)17-13(11)20-4/h6H,5H2,1-4H3,(H,14,19)(H,15,18). The Morgan fingerprint density at radius 3 is 2.70 bits per heavy atom. The van der Waals surface area contributed by atoms with Gasteiger partial charge in [0.05, 0.1) is 17.5 Å². The van der Waals surface area contributed by atoms with Crippen molar-refractivity contribution in [2.45, 2.75) is 32.3 Å². The first-order valence-electron chi connectivity index (χ1n) is 6.19. The number of nitrogens with one attached hydrogen (secondary N) is 2. The average Bonchev–Trinajstić information content (AvgIpc) is 2.80. The summed E-state index contributed by atoms with van der Waals surface area (Å²) < 4.78 is 0. The topological polar surface area (TPSA) is 83.6 Å². The molecule has 0 bridgehead atoms. The van der Waals surface area contributed by atoms with Crippen LogP contribution in [0.5, 0.6) is 0 Å². The molecule has 2 aromatic heterocycles. The number of rotatable bonds is 4. The molecule has 0 radical (unpaired) electrons. The number of aryl methyl sites for hydroxylation is 3. The van der Waals surface area contributed by atoms with Crippen molar-refractivity contribution in [2.75, 3.05) is 6.26 Å². The monoisotopic (exact) mass is 291 g/mol. The van der Waals surface area contributed by atoms with E-state index in [9.17, 15) is 4.79 Å². The summed E-state index contributed by atoms with van der Waals surface area (Å²) in [6.45, 7) is 6.00. The van der Waals surface area contributed by atoms with Gasteiger partial charge in [0.2, 0.25) is 0 Å². The molecule has 0 atom stereocenters. The molecule has 2 heterocycles. The zero-order chi connectivity index (χ0) is 14.7. The van der Waals surface area contributed by atoms with Crippen LogP contribution in [-0.2, 0) is 6.54 Å². The highest BCUT2D eigenvalue weighted by atomic mass is 32.2. The molecule has 1 amide bonds. The van der Waals surface area contributed by atoms with Crippen LogP contribution in [0.15, 0.2) is 11.2 Å². The highest BCUT2D eigenvalue weighted by Crippen LogP contribution is 2.20. The summed E-state index contributed by atoms with van der Waals surface area (Å²) in [5.74, 6) is 0.515. The smallest absolute Gasteiger partial charge is 0.256 e. The van der Waals surface area contributed by atoms with Gasteiger partial charge in [0.1, 0.15) is 10.9 Å². The molecule has 20 heavy (non-hydrogen) atoms. The van der Waals surface area contributed by atoms with E-state index in [2.05, 4.69) is 25.5 Å². The summed E-state index contributed by atoms with van der Waals surface area (Å²) in [5.41, 5.74) is 3.16. The molecule has 0 aliphatic rings. The molecule has 2 aromatic rings. The summed E-state index contributed by atoms with van der Waals surface area (Å²) in [7, 11) is 0. The maximum atomic E-state index is 12.3. The van der Waals surface area contributed by atoms with Crippen molar-refractivity contribution in [2.24, 2.45) is 0 Å². The quantitative estimate of drug-likeness (QED) is 0.662. The zero-order valence-corrected chi connectivity index (χ0v) is 12.8. The Balaban J connectivity index is 2.19. The first-order chi connectivity index (χ1) is 9.52. The van der Waals surface area contributed by atoms with E-state index in [4.69, 9.17) is 0 Å². The summed E-state index contributed by atoms with van der Waals surface area (Å²) >= 11 is 1.45. The van der Waals surface area contributed by atoms with Crippen LogP contribution in [0.3, 0.4) is 0 Å². The number of carbonyl (C=O) groups is 1. The van der Waals surface area contributed by atoms with Crippen molar-refractivity contribution in [1.29, 1.82) is 0 Å². The fourth-order valence-corrected chi connectivity index (χ4v) is 2.58. The lowest BCUT2D eigenvalue weighted by Crippen LogP contribution is -2.25. The third kappa shape index (κ3) is 2.98. The highest BCUT2D eigenvalue weighted by Gasteiger charge is 2.17. The SMILES string of the molecule is CSc1nc(C)nc(C)c1C(=O)NCc1cn[nH]c1C. The number of aromatic nitrogens is 4. The second-order valence-electron chi connectivity index (χ2n) is 4.44. The minimum Gasteiger partial charge on any atom is -0.348 e. The summed E-state index contributed by atoms with van der Waals surface area (Å²) in [5, 5.41) is 10.4. The fraction of sp³-hybridized carbons (Fsp3) is 0.385. The van der Waals surface area contributed by atoms with E-state index < -0.39 is 0 Å². The van der Waals surface area contributed by atoms with Gasteiger partial charge in [-0.25, -0.2) is 9.97 Å². The Morgan fingerprint density at radius 1 is 1.35 bits per heavy atom. The molecular formula is C13H17N5OS. The van der Waals surface area contributed by atoms with Gasteiger partial charge in [-0.1, -0.05) is 0 Å². The number of hydrogen-bond acceptors (Lipinski definition) is 5. The third-order valence-electron chi connectivity index (χ3n) is 2.96. The number of carbonyl (C=O) groups excluding carboxylic acids is 1. The second-order valence-corrected chi connectivity index (χ2v) is 5.24. The lowest BCUT2D eigenvalue weighted by atomic mass is 10.2. The second kappa shape index (κ2) is 6.04. The van der Waals surface area contributed by atoms with E-state index in [1.54, 1.807) is 6.20 Å². The van der Waals surface area contributed by atoms with Gasteiger partial charge in [-0.3, -0.25) is 9.89 Å². The van der Waals surface area contributed by atoms with Crippen LogP contribution in [0, 0.1) is 20.8 Å². The number of thioether (sulfide) groups is 1. The van der Waals surface area contributed by atoms with Crippen LogP contribution < -0.4 is 5.32 Å². The lowest BCUT2D eigenvalue weighted by molar-refractivity contribution is 0.0946. The number of hydrogen-bond donors (Lipinski definition) is 2. The van der Waals surface area contributed by atoms with Gasteiger partial charge in [-0.2, -0.15) is 5.10 Å². The summed E-state index contributed by atoms with van der Waals surface area (Å²) in [6, 6.07) is 0. The van der Waals surface area contributed by atoms with Gasteiger partial charge in [0.25, 0.3) is 5.91 Å². The predicted molar refractivity (Wildman–Crippen MR) is 77.8 cm³/mol. The molecule has 0 spiro atoms. The minimum absolute atomic E-state index is 0.160. The molecular weight excluding hydrogens is 274 g/mol. The summed E-state index contributed by atoms with van der Waals surface area (Å²) in [4.78, 5) is 20.9. The zero-order valence-electron chi connectivity index (χ0n) is 11.9. The number of H-pyrrole nitrogens is 1. The molecule has 0 fully saturated rings. The molecule has 0 aliphatic carbocycles. The Hall–Kier alpha value is -1.89. The van der Waals surface area contributed by atoms with Crippen LogP contribution in [0.25, 0.3) is 0 Å². The normalized spacial score (nSPS) is 10.6. The van der Waals surface area contributed by atoms with Crippen LogP contribution in [0.1, 0.15) is 33.1 Å². The van der Waals surface area contributed by atoms with Crippen molar-refractivity contribution < 1.29 is 4.79 Å². The van der Waals surface area contributed by atoms with Crippen molar-refractivity contribution >= 4 is 17.7 Å². The lowest BCUT2D eigenvalue weighted by Gasteiger charge is -2.10. The molecule has 0 unspecified atom stereocenters. The molecule has 106 valence electrons. The summed E-state index contributed by atoms with van der Waals surface area (Å²) in [6.07, 6.45) is 3.61. The van der Waals surface area contributed by atoms with E-state index in [-0.39, 0.29) is 5.91 Å². The van der Waals surface area contributed by atoms with E-state index in [0.29, 0.717) is 28.7 Å². The van der Waals surface area contributed by atoms with Crippen LogP contribution in [-0.4, -0.2) is 32.3 Å². The van der Waals surface area contributed by atoms with Gasteiger partial charge in [0, 0.05) is 17.8 Å². The Kier molecular flexibility index (Phi) is 4.39. The maximum Gasteiger partial charge on any atom is 0.256 e. The average molecular weight is 291 g/mol. The molecule has 0 saturated heterocycles. The van der Waals surface area contributed by atoms with E-state index in [1.807, 2.05) is 27.0 Å². The van der Waals surface area contributed by atoms with Gasteiger partial charge in [0.15, 0.2) is 0 Å². The van der Waals surface area contributed by atoms with Crippen molar-refractivity contribution in [3.05, 3.63) is 34.5 Å². The highest BCUT2D eigenvalue weighted by molar-refractivity contribution is 7.98. The minimum atomic E-state index is -0.160. The van der Waals surface area contributed by atoms with Gasteiger partial charge < -0.3 is 5.32 Å². The first-order valence-corrected chi connectivity index (χ1v) is 7.41. The predicted octanol–water partition coefficient (Wildman–Crippen LogP) is 1.78. The number of nitrogens with zero attached hydrogens (tertiary/aromatic N) is 3. The van der Waals surface area contributed by atoms with Crippen LogP contribution >= 0.6 is 11.8 Å². The third-order valence-corrected chi connectivity index (χ3v) is 3.64. The molecule has 7 heteroatoms. The fourth-order valence-electron chi connectivity index (χ4n) is 1.91. The molecule has 0 aromatic carbocycles. The Morgan fingerprint density at radius 2 is 2.10 bits per heavy atom. The molecule has 2 N–H and O–H groups in total. The van der Waals surface area contributed by atoms with Gasteiger partial charge in [-0.15, -0.1) is 11.8 Å². The molecule has 0 aliphatic heterocycles. The molecule has 6 nitrogen and oxygen atoms in total. The van der Waals surface area contributed by atoms with Crippen molar-refractivity contribution in [3.8, 4) is 0 Å². The van der Waals surface area contributed by atoms with E-state index >= 15 is 0 Å². The Bertz CT molecular complexity index is 638. The number of aromatic amines is 1. The van der Waals surface area contributed by atoms with Crippen LogP contribution in [0.4, 0.5) is 0 Å². The van der Waals surface area contributed by atoms with E-state index in [0.717, 1.165) is 11.3 Å². The Labute approximate surface area is 121 Å². The van der Waals surface area contributed by atoms with Crippen molar-refractivity contribution in [3.63, 3.8) is 0 Å². The molecule has 0 saturated carbocycles. The van der Waals surface area contributed by atoms with Crippen LogP contribution in [0.2, 0.25) is 0 Å². The van der Waals surface area contributed by atoms with E-state index in [1.165, 1.54) is 11.8 Å². The van der Waals surface area contributed by atoms with Gasteiger partial charge >= 0.3 is 0 Å². The maximum absolute atomic E-state index is 12.3. The first kappa shape index (κ1) is 14.5. The largest absolute Gasteiger partial charge is 0.348 e. The molecule has 2 rings (SSSR count). The number of amides is 1.